The molecule has 0 spiro atoms. The third-order valence-electron chi connectivity index (χ3n) is 2.25. The Labute approximate surface area is 103 Å². The van der Waals surface area contributed by atoms with Crippen LogP contribution in [-0.2, 0) is 9.59 Å². The molecule has 0 aliphatic heterocycles. The summed E-state index contributed by atoms with van der Waals surface area (Å²) in [4.78, 5) is 24.5. The number of amides is 2. The highest BCUT2D eigenvalue weighted by atomic mass is 32.1. The summed E-state index contributed by atoms with van der Waals surface area (Å²) in [6.45, 7) is 0.215. The topological polar surface area (TPSA) is 115 Å². The van der Waals surface area contributed by atoms with Crippen LogP contribution in [0, 0.1) is 0 Å². The Balaban J connectivity index is 2.85. The Morgan fingerprint density at radius 3 is 2.24 bits per heavy atom. The van der Waals surface area contributed by atoms with Gasteiger partial charge in [0, 0.05) is 11.4 Å². The molecule has 1 unspecified atom stereocenters. The van der Waals surface area contributed by atoms with E-state index in [1.165, 1.54) is 11.3 Å². The van der Waals surface area contributed by atoms with Gasteiger partial charge in [0.25, 0.3) is 0 Å². The fourth-order valence-corrected chi connectivity index (χ4v) is 2.48. The van der Waals surface area contributed by atoms with E-state index in [0.29, 0.717) is 6.54 Å². The summed E-state index contributed by atoms with van der Waals surface area (Å²) in [5.41, 5.74) is 16.0. The summed E-state index contributed by atoms with van der Waals surface area (Å²) in [6.07, 6.45) is 0. The first kappa shape index (κ1) is 13.6. The zero-order valence-corrected chi connectivity index (χ0v) is 10.2. The average Bonchev–Trinajstić information content (AvgIpc) is 2.70. The predicted molar refractivity (Wildman–Crippen MR) is 66.1 cm³/mol. The maximum atomic E-state index is 11.0. The van der Waals surface area contributed by atoms with E-state index in [0.717, 1.165) is 4.88 Å². The Morgan fingerprint density at radius 2 is 1.88 bits per heavy atom. The first-order chi connectivity index (χ1) is 8.04. The molecule has 0 radical (unpaired) electrons. The van der Waals surface area contributed by atoms with Crippen LogP contribution in [0.4, 0.5) is 0 Å². The van der Waals surface area contributed by atoms with Crippen molar-refractivity contribution in [3.8, 4) is 0 Å². The number of hydrogen-bond acceptors (Lipinski definition) is 5. The number of nitrogens with two attached hydrogens (primary N) is 3. The SMILES string of the molecule is NCC(c1cccs1)N(CC(N)=O)CC(N)=O. The molecule has 1 aromatic heterocycles. The second-order valence-electron chi connectivity index (χ2n) is 3.60. The van der Waals surface area contributed by atoms with Gasteiger partial charge in [-0.3, -0.25) is 14.5 Å². The summed E-state index contributed by atoms with van der Waals surface area (Å²) >= 11 is 1.51. The smallest absolute Gasteiger partial charge is 0.231 e. The monoisotopic (exact) mass is 256 g/mol. The Hall–Kier alpha value is -1.44. The van der Waals surface area contributed by atoms with Gasteiger partial charge in [-0.05, 0) is 11.4 Å². The summed E-state index contributed by atoms with van der Waals surface area (Å²) < 4.78 is 0. The van der Waals surface area contributed by atoms with Crippen molar-refractivity contribution in [2.24, 2.45) is 17.2 Å². The lowest BCUT2D eigenvalue weighted by Gasteiger charge is -2.27. The zero-order chi connectivity index (χ0) is 12.8. The lowest BCUT2D eigenvalue weighted by atomic mass is 10.2. The van der Waals surface area contributed by atoms with Crippen molar-refractivity contribution in [3.05, 3.63) is 22.4 Å². The fourth-order valence-electron chi connectivity index (χ4n) is 1.60. The highest BCUT2D eigenvalue weighted by Crippen LogP contribution is 2.23. The van der Waals surface area contributed by atoms with Crippen molar-refractivity contribution in [1.82, 2.24) is 4.90 Å². The van der Waals surface area contributed by atoms with Crippen LogP contribution in [0.15, 0.2) is 17.5 Å². The molecule has 6 N–H and O–H groups in total. The number of rotatable bonds is 7. The van der Waals surface area contributed by atoms with Crippen LogP contribution in [-0.4, -0.2) is 36.3 Å². The van der Waals surface area contributed by atoms with E-state index in [1.807, 2.05) is 17.5 Å². The Morgan fingerprint density at radius 1 is 1.29 bits per heavy atom. The molecule has 1 atom stereocenters. The third kappa shape index (κ3) is 4.14. The minimum Gasteiger partial charge on any atom is -0.369 e. The van der Waals surface area contributed by atoms with Crippen molar-refractivity contribution >= 4 is 23.2 Å². The lowest BCUT2D eigenvalue weighted by Crippen LogP contribution is -2.43. The van der Waals surface area contributed by atoms with Gasteiger partial charge in [0.05, 0.1) is 19.1 Å². The Kier molecular flexibility index (Phi) is 5.08. The first-order valence-electron chi connectivity index (χ1n) is 5.08. The van der Waals surface area contributed by atoms with Crippen molar-refractivity contribution < 1.29 is 9.59 Å². The normalized spacial score (nSPS) is 12.6. The van der Waals surface area contributed by atoms with Crippen LogP contribution < -0.4 is 17.2 Å². The van der Waals surface area contributed by atoms with Gasteiger partial charge in [0.15, 0.2) is 0 Å². The molecule has 0 bridgehead atoms. The van der Waals surface area contributed by atoms with Crippen molar-refractivity contribution in [2.75, 3.05) is 19.6 Å². The molecule has 7 heteroatoms. The maximum Gasteiger partial charge on any atom is 0.231 e. The molecule has 0 aliphatic carbocycles. The van der Waals surface area contributed by atoms with Crippen LogP contribution in [0.2, 0.25) is 0 Å². The summed E-state index contributed by atoms with van der Waals surface area (Å²) in [7, 11) is 0. The van der Waals surface area contributed by atoms with E-state index in [4.69, 9.17) is 17.2 Å². The van der Waals surface area contributed by atoms with E-state index < -0.39 is 11.8 Å². The first-order valence-corrected chi connectivity index (χ1v) is 5.96. The van der Waals surface area contributed by atoms with Crippen molar-refractivity contribution in [1.29, 1.82) is 0 Å². The highest BCUT2D eigenvalue weighted by molar-refractivity contribution is 7.10. The fraction of sp³-hybridized carbons (Fsp3) is 0.400. The zero-order valence-electron chi connectivity index (χ0n) is 9.33. The second kappa shape index (κ2) is 6.33. The molecule has 2 amide bonds. The van der Waals surface area contributed by atoms with Crippen molar-refractivity contribution in [3.63, 3.8) is 0 Å². The van der Waals surface area contributed by atoms with E-state index in [-0.39, 0.29) is 19.1 Å². The molecular weight excluding hydrogens is 240 g/mol. The largest absolute Gasteiger partial charge is 0.369 e. The third-order valence-corrected chi connectivity index (χ3v) is 3.23. The number of carbonyl (C=O) groups excluding carboxylic acids is 2. The lowest BCUT2D eigenvalue weighted by molar-refractivity contribution is -0.122. The van der Waals surface area contributed by atoms with Gasteiger partial charge >= 0.3 is 0 Å². The van der Waals surface area contributed by atoms with E-state index in [1.54, 1.807) is 4.90 Å². The molecule has 0 saturated heterocycles. The van der Waals surface area contributed by atoms with E-state index in [9.17, 15) is 9.59 Å². The number of thiophene rings is 1. The standard InChI is InChI=1S/C10H16N4O2S/c11-4-7(8-2-1-3-17-8)14(5-9(12)15)6-10(13)16/h1-3,7H,4-6,11H2,(H2,12,15)(H2,13,16). The van der Waals surface area contributed by atoms with Crippen LogP contribution in [0.5, 0.6) is 0 Å². The summed E-state index contributed by atoms with van der Waals surface area (Å²) in [5, 5.41) is 1.91. The average molecular weight is 256 g/mol. The predicted octanol–water partition coefficient (Wildman–Crippen LogP) is -0.979. The van der Waals surface area contributed by atoms with E-state index >= 15 is 0 Å². The van der Waals surface area contributed by atoms with Gasteiger partial charge in [-0.2, -0.15) is 0 Å². The minimum absolute atomic E-state index is 0.0390. The molecule has 94 valence electrons. The van der Waals surface area contributed by atoms with Crippen LogP contribution >= 0.6 is 11.3 Å². The molecular formula is C10H16N4O2S. The number of primary amides is 2. The summed E-state index contributed by atoms with van der Waals surface area (Å²) in [5.74, 6) is -1.03. The molecule has 1 aromatic rings. The minimum atomic E-state index is -0.513. The molecule has 6 nitrogen and oxygen atoms in total. The van der Waals surface area contributed by atoms with Crippen molar-refractivity contribution in [2.45, 2.75) is 6.04 Å². The van der Waals surface area contributed by atoms with E-state index in [2.05, 4.69) is 0 Å². The van der Waals surface area contributed by atoms with Gasteiger partial charge in [0.1, 0.15) is 0 Å². The number of nitrogens with zero attached hydrogens (tertiary/aromatic N) is 1. The van der Waals surface area contributed by atoms with Gasteiger partial charge < -0.3 is 17.2 Å². The molecule has 1 heterocycles. The Bertz CT molecular complexity index is 364. The summed E-state index contributed by atoms with van der Waals surface area (Å²) in [6, 6.07) is 3.57. The van der Waals surface area contributed by atoms with Gasteiger partial charge in [-0.25, -0.2) is 0 Å². The van der Waals surface area contributed by atoms with Gasteiger partial charge in [0.2, 0.25) is 11.8 Å². The molecule has 0 fully saturated rings. The van der Waals surface area contributed by atoms with Crippen LogP contribution in [0.3, 0.4) is 0 Å². The second-order valence-corrected chi connectivity index (χ2v) is 4.58. The number of hydrogen-bond donors (Lipinski definition) is 3. The van der Waals surface area contributed by atoms with Gasteiger partial charge in [-0.1, -0.05) is 6.07 Å². The molecule has 1 rings (SSSR count). The quantitative estimate of drug-likeness (QED) is 0.581. The molecule has 0 saturated carbocycles. The van der Waals surface area contributed by atoms with Crippen LogP contribution in [0.1, 0.15) is 10.9 Å². The molecule has 0 aliphatic rings. The highest BCUT2D eigenvalue weighted by Gasteiger charge is 2.22. The molecule has 17 heavy (non-hydrogen) atoms. The molecule has 0 aromatic carbocycles. The number of carbonyl (C=O) groups is 2. The van der Waals surface area contributed by atoms with Gasteiger partial charge in [-0.15, -0.1) is 11.3 Å². The maximum absolute atomic E-state index is 11.0. The van der Waals surface area contributed by atoms with Crippen LogP contribution in [0.25, 0.3) is 0 Å².